The number of piperidine rings is 1. The predicted molar refractivity (Wildman–Crippen MR) is 83.9 cm³/mol. The van der Waals surface area contributed by atoms with E-state index < -0.39 is 6.10 Å². The third-order valence-corrected chi connectivity index (χ3v) is 3.90. The number of hydrogen-bond acceptors (Lipinski definition) is 4. The average Bonchev–Trinajstić information content (AvgIpc) is 2.44. The van der Waals surface area contributed by atoms with Crippen molar-refractivity contribution in [3.05, 3.63) is 24.3 Å². The van der Waals surface area contributed by atoms with Crippen LogP contribution in [0.5, 0.6) is 11.5 Å². The molecular formula is C17H27NO3. The van der Waals surface area contributed by atoms with Gasteiger partial charge >= 0.3 is 0 Å². The van der Waals surface area contributed by atoms with Gasteiger partial charge < -0.3 is 19.5 Å². The Hall–Kier alpha value is -1.26. The van der Waals surface area contributed by atoms with Crippen molar-refractivity contribution in [2.45, 2.75) is 26.4 Å². The maximum absolute atomic E-state index is 10.2. The summed E-state index contributed by atoms with van der Waals surface area (Å²) < 4.78 is 10.8. The van der Waals surface area contributed by atoms with E-state index in [9.17, 15) is 5.11 Å². The van der Waals surface area contributed by atoms with Crippen LogP contribution in [0.25, 0.3) is 0 Å². The smallest absolute Gasteiger partial charge is 0.123 e. The van der Waals surface area contributed by atoms with Gasteiger partial charge in [-0.25, -0.2) is 0 Å². The van der Waals surface area contributed by atoms with E-state index in [0.717, 1.165) is 24.6 Å². The molecule has 0 saturated carbocycles. The zero-order chi connectivity index (χ0) is 15.2. The summed E-state index contributed by atoms with van der Waals surface area (Å²) in [5.41, 5.74) is 0. The summed E-state index contributed by atoms with van der Waals surface area (Å²) in [4.78, 5) is 2.35. The number of ether oxygens (including phenoxy) is 2. The van der Waals surface area contributed by atoms with Crippen molar-refractivity contribution in [1.29, 1.82) is 0 Å². The van der Waals surface area contributed by atoms with E-state index >= 15 is 0 Å². The highest BCUT2D eigenvalue weighted by atomic mass is 16.5. The molecule has 1 N–H and O–H groups in total. The van der Waals surface area contributed by atoms with Crippen LogP contribution >= 0.6 is 0 Å². The SMILES string of the molecule is COc1cccc(OC[C@H](O)CN2C[C@H](C)C[C@@H](C)C2)c1. The number of hydrogen-bond donors (Lipinski definition) is 1. The maximum atomic E-state index is 10.2. The minimum Gasteiger partial charge on any atom is -0.497 e. The fourth-order valence-corrected chi connectivity index (χ4v) is 3.18. The fraction of sp³-hybridized carbons (Fsp3) is 0.647. The van der Waals surface area contributed by atoms with Crippen LogP contribution in [0.1, 0.15) is 20.3 Å². The first-order valence-electron chi connectivity index (χ1n) is 7.74. The van der Waals surface area contributed by atoms with E-state index in [2.05, 4.69) is 18.7 Å². The van der Waals surface area contributed by atoms with Crippen LogP contribution in [0.3, 0.4) is 0 Å². The monoisotopic (exact) mass is 293 g/mol. The van der Waals surface area contributed by atoms with Crippen LogP contribution in [-0.4, -0.2) is 49.5 Å². The van der Waals surface area contributed by atoms with Gasteiger partial charge in [-0.15, -0.1) is 0 Å². The second-order valence-electron chi connectivity index (χ2n) is 6.31. The van der Waals surface area contributed by atoms with E-state index in [-0.39, 0.29) is 0 Å². The van der Waals surface area contributed by atoms with Crippen molar-refractivity contribution in [3.63, 3.8) is 0 Å². The lowest BCUT2D eigenvalue weighted by Gasteiger charge is -2.35. The second kappa shape index (κ2) is 7.66. The van der Waals surface area contributed by atoms with Gasteiger partial charge in [0, 0.05) is 25.7 Å². The molecular weight excluding hydrogens is 266 g/mol. The summed E-state index contributed by atoms with van der Waals surface area (Å²) in [6.45, 7) is 7.69. The topological polar surface area (TPSA) is 41.9 Å². The molecule has 4 nitrogen and oxygen atoms in total. The highest BCUT2D eigenvalue weighted by molar-refractivity contribution is 5.32. The van der Waals surface area contributed by atoms with Crippen molar-refractivity contribution in [2.75, 3.05) is 33.4 Å². The molecule has 1 saturated heterocycles. The highest BCUT2D eigenvalue weighted by Gasteiger charge is 2.23. The molecule has 1 aromatic carbocycles. The summed E-state index contributed by atoms with van der Waals surface area (Å²) in [7, 11) is 1.63. The Labute approximate surface area is 127 Å². The van der Waals surface area contributed by atoms with Gasteiger partial charge in [0.15, 0.2) is 0 Å². The Balaban J connectivity index is 1.77. The maximum Gasteiger partial charge on any atom is 0.123 e. The molecule has 0 spiro atoms. The number of β-amino-alcohol motifs (C(OH)–C–C–N with tert-alkyl or cyclic N) is 1. The van der Waals surface area contributed by atoms with Crippen molar-refractivity contribution < 1.29 is 14.6 Å². The molecule has 1 aliphatic rings. The van der Waals surface area contributed by atoms with Crippen LogP contribution < -0.4 is 9.47 Å². The van der Waals surface area contributed by atoms with Gasteiger partial charge in [-0.2, -0.15) is 0 Å². The van der Waals surface area contributed by atoms with E-state index in [1.54, 1.807) is 7.11 Å². The average molecular weight is 293 g/mol. The molecule has 0 amide bonds. The number of rotatable bonds is 6. The first-order valence-corrected chi connectivity index (χ1v) is 7.74. The van der Waals surface area contributed by atoms with Gasteiger partial charge in [0.05, 0.1) is 7.11 Å². The standard InChI is InChI=1S/C17H27NO3/c1-13-7-14(2)10-18(9-13)11-15(19)12-21-17-6-4-5-16(8-17)20-3/h4-6,8,13-15,19H,7,9-12H2,1-3H3/t13-,14-,15-/m1/s1. The van der Waals surface area contributed by atoms with E-state index in [0.29, 0.717) is 25.0 Å². The number of likely N-dealkylation sites (tertiary alicyclic amines) is 1. The van der Waals surface area contributed by atoms with Crippen molar-refractivity contribution >= 4 is 0 Å². The van der Waals surface area contributed by atoms with Crippen LogP contribution in [0.15, 0.2) is 24.3 Å². The lowest BCUT2D eigenvalue weighted by atomic mass is 9.92. The molecule has 2 rings (SSSR count). The number of benzene rings is 1. The molecule has 1 aromatic rings. The normalized spacial score (nSPS) is 24.6. The Morgan fingerprint density at radius 1 is 1.24 bits per heavy atom. The van der Waals surface area contributed by atoms with Gasteiger partial charge in [-0.3, -0.25) is 0 Å². The molecule has 0 radical (unpaired) electrons. The highest BCUT2D eigenvalue weighted by Crippen LogP contribution is 2.21. The molecule has 0 bridgehead atoms. The van der Waals surface area contributed by atoms with Crippen molar-refractivity contribution in [1.82, 2.24) is 4.90 Å². The van der Waals surface area contributed by atoms with E-state index in [1.165, 1.54) is 6.42 Å². The van der Waals surface area contributed by atoms with Crippen LogP contribution in [0.4, 0.5) is 0 Å². The molecule has 0 unspecified atom stereocenters. The summed E-state index contributed by atoms with van der Waals surface area (Å²) in [6, 6.07) is 7.46. The third kappa shape index (κ3) is 5.21. The lowest BCUT2D eigenvalue weighted by Crippen LogP contribution is -2.43. The zero-order valence-electron chi connectivity index (χ0n) is 13.3. The molecule has 1 aliphatic heterocycles. The number of methoxy groups -OCH3 is 1. The first-order chi connectivity index (χ1) is 10.1. The molecule has 1 fully saturated rings. The quantitative estimate of drug-likeness (QED) is 0.874. The Morgan fingerprint density at radius 2 is 1.90 bits per heavy atom. The van der Waals surface area contributed by atoms with Gasteiger partial charge in [-0.05, 0) is 30.4 Å². The van der Waals surface area contributed by atoms with Gasteiger partial charge in [-0.1, -0.05) is 19.9 Å². The molecule has 0 aliphatic carbocycles. The minimum atomic E-state index is -0.464. The summed E-state index contributed by atoms with van der Waals surface area (Å²) in [5.74, 6) is 2.91. The second-order valence-corrected chi connectivity index (χ2v) is 6.31. The van der Waals surface area contributed by atoms with Gasteiger partial charge in [0.25, 0.3) is 0 Å². The van der Waals surface area contributed by atoms with Crippen LogP contribution in [-0.2, 0) is 0 Å². The molecule has 1 heterocycles. The molecule has 21 heavy (non-hydrogen) atoms. The van der Waals surface area contributed by atoms with Crippen LogP contribution in [0.2, 0.25) is 0 Å². The zero-order valence-corrected chi connectivity index (χ0v) is 13.3. The predicted octanol–water partition coefficient (Wildman–Crippen LogP) is 2.41. The Morgan fingerprint density at radius 3 is 2.57 bits per heavy atom. The Bertz CT molecular complexity index is 428. The van der Waals surface area contributed by atoms with Crippen LogP contribution in [0, 0.1) is 11.8 Å². The largest absolute Gasteiger partial charge is 0.497 e. The number of aliphatic hydroxyl groups excluding tert-OH is 1. The molecule has 118 valence electrons. The summed E-state index contributed by atoms with van der Waals surface area (Å²) in [5, 5.41) is 10.2. The van der Waals surface area contributed by atoms with Gasteiger partial charge in [0.1, 0.15) is 24.2 Å². The minimum absolute atomic E-state index is 0.312. The van der Waals surface area contributed by atoms with E-state index in [1.807, 2.05) is 24.3 Å². The summed E-state index contributed by atoms with van der Waals surface area (Å²) in [6.07, 6.45) is 0.820. The fourth-order valence-electron chi connectivity index (χ4n) is 3.18. The van der Waals surface area contributed by atoms with Crippen molar-refractivity contribution in [2.24, 2.45) is 11.8 Å². The number of nitrogens with zero attached hydrogens (tertiary/aromatic N) is 1. The molecule has 0 aromatic heterocycles. The van der Waals surface area contributed by atoms with Crippen molar-refractivity contribution in [3.8, 4) is 11.5 Å². The first kappa shape index (κ1) is 16.1. The molecule has 3 atom stereocenters. The van der Waals surface area contributed by atoms with E-state index in [4.69, 9.17) is 9.47 Å². The number of aliphatic hydroxyl groups is 1. The third-order valence-electron chi connectivity index (χ3n) is 3.90. The molecule has 4 heteroatoms. The van der Waals surface area contributed by atoms with Gasteiger partial charge in [0.2, 0.25) is 0 Å². The Kier molecular flexibility index (Phi) is 5.88. The lowest BCUT2D eigenvalue weighted by molar-refractivity contribution is 0.0428. The summed E-state index contributed by atoms with van der Waals surface area (Å²) >= 11 is 0.